The molecule has 0 aromatic rings. The summed E-state index contributed by atoms with van der Waals surface area (Å²) in [5, 5.41) is 41.5. The van der Waals surface area contributed by atoms with Crippen LogP contribution in [0.5, 0.6) is 0 Å². The molecule has 22 heavy (non-hydrogen) atoms. The number of aliphatic hydroxyl groups excluding tert-OH is 4. The maximum Gasteiger partial charge on any atom is 0.319 e. The van der Waals surface area contributed by atoms with Crippen LogP contribution in [0, 0.1) is 0 Å². The van der Waals surface area contributed by atoms with E-state index in [-0.39, 0.29) is 12.4 Å². The first-order valence-electron chi connectivity index (χ1n) is 7.38. The molecule has 130 valence electrons. The first kappa shape index (κ1) is 19.4. The molecule has 5 atom stereocenters. The molecule has 0 radical (unpaired) electrons. The summed E-state index contributed by atoms with van der Waals surface area (Å²) >= 11 is 5.54. The number of carbonyl (C=O) groups excluding carboxylic acids is 1. The predicted molar refractivity (Wildman–Crippen MR) is 79.5 cm³/mol. The van der Waals surface area contributed by atoms with Gasteiger partial charge in [0, 0.05) is 19.0 Å². The van der Waals surface area contributed by atoms with E-state index in [4.69, 9.17) is 16.3 Å². The molecule has 2 amide bonds. The van der Waals surface area contributed by atoms with Crippen LogP contribution in [-0.2, 0) is 4.74 Å². The highest BCUT2D eigenvalue weighted by Crippen LogP contribution is 2.24. The fourth-order valence-corrected chi connectivity index (χ4v) is 2.36. The number of halogens is 1. The van der Waals surface area contributed by atoms with E-state index < -0.39 is 43.3 Å². The predicted octanol–water partition coefficient (Wildman–Crippen LogP) is -1.16. The maximum absolute atomic E-state index is 12.2. The minimum atomic E-state index is -1.51. The van der Waals surface area contributed by atoms with Crippen LogP contribution in [0.4, 0.5) is 4.79 Å². The van der Waals surface area contributed by atoms with Crippen molar-refractivity contribution >= 4 is 17.6 Å². The SMILES string of the molecule is CCCCN(C(=O)NCCCl)[C@@H]1O[C@H](CO)[C@@H](O)[C@H](O)[C@@H]1O. The van der Waals surface area contributed by atoms with E-state index in [0.717, 1.165) is 6.42 Å². The van der Waals surface area contributed by atoms with Gasteiger partial charge in [-0.2, -0.15) is 0 Å². The van der Waals surface area contributed by atoms with E-state index in [0.29, 0.717) is 13.0 Å². The van der Waals surface area contributed by atoms with Gasteiger partial charge in [-0.1, -0.05) is 13.3 Å². The molecule has 5 N–H and O–H groups in total. The van der Waals surface area contributed by atoms with E-state index in [9.17, 15) is 25.2 Å². The molecule has 0 bridgehead atoms. The molecule has 9 heteroatoms. The van der Waals surface area contributed by atoms with Gasteiger partial charge in [-0.3, -0.25) is 4.90 Å². The highest BCUT2D eigenvalue weighted by Gasteiger charge is 2.46. The van der Waals surface area contributed by atoms with E-state index in [1.165, 1.54) is 4.90 Å². The fraction of sp³-hybridized carbons (Fsp3) is 0.923. The second-order valence-electron chi connectivity index (χ2n) is 5.19. The molecular formula is C13H25ClN2O6. The Hall–Kier alpha value is -0.640. The second-order valence-corrected chi connectivity index (χ2v) is 5.57. The number of carbonyl (C=O) groups is 1. The van der Waals surface area contributed by atoms with Crippen molar-refractivity contribution in [2.45, 2.75) is 50.4 Å². The number of hydrogen-bond donors (Lipinski definition) is 5. The van der Waals surface area contributed by atoms with E-state index in [1.54, 1.807) is 0 Å². The number of unbranched alkanes of at least 4 members (excludes halogenated alkanes) is 1. The Morgan fingerprint density at radius 2 is 1.95 bits per heavy atom. The molecular weight excluding hydrogens is 316 g/mol. The lowest BCUT2D eigenvalue weighted by Gasteiger charge is -2.44. The largest absolute Gasteiger partial charge is 0.394 e. The van der Waals surface area contributed by atoms with Crippen LogP contribution in [0.25, 0.3) is 0 Å². The van der Waals surface area contributed by atoms with Crippen LogP contribution < -0.4 is 5.32 Å². The molecule has 1 fully saturated rings. The topological polar surface area (TPSA) is 122 Å². The zero-order chi connectivity index (χ0) is 16.7. The van der Waals surface area contributed by atoms with Crippen molar-refractivity contribution in [3.05, 3.63) is 0 Å². The molecule has 1 aliphatic heterocycles. The minimum absolute atomic E-state index is 0.238. The van der Waals surface area contributed by atoms with Gasteiger partial charge in [0.1, 0.15) is 24.4 Å². The smallest absolute Gasteiger partial charge is 0.319 e. The lowest BCUT2D eigenvalue weighted by molar-refractivity contribution is -0.257. The molecule has 0 saturated carbocycles. The standard InChI is InChI=1S/C13H25ClN2O6/c1-2-3-6-16(13(21)15-5-4-14)12-11(20)10(19)9(18)8(7-17)22-12/h8-12,17-20H,2-7H2,1H3,(H,15,21)/t8-,9-,10+,11+,12-/m1/s1. The number of nitrogens with one attached hydrogen (secondary N) is 1. The van der Waals surface area contributed by atoms with Gasteiger partial charge in [0.05, 0.1) is 6.61 Å². The second kappa shape index (κ2) is 9.49. The lowest BCUT2D eigenvalue weighted by Crippen LogP contribution is -2.65. The van der Waals surface area contributed by atoms with Gasteiger partial charge in [-0.05, 0) is 6.42 Å². The number of nitrogens with zero attached hydrogens (tertiary/aromatic N) is 1. The number of rotatable bonds is 7. The van der Waals surface area contributed by atoms with Gasteiger partial charge < -0.3 is 30.5 Å². The molecule has 1 aliphatic rings. The van der Waals surface area contributed by atoms with Crippen molar-refractivity contribution in [1.29, 1.82) is 0 Å². The Morgan fingerprint density at radius 1 is 1.27 bits per heavy atom. The summed E-state index contributed by atoms with van der Waals surface area (Å²) in [4.78, 5) is 13.4. The Morgan fingerprint density at radius 3 is 2.50 bits per heavy atom. The van der Waals surface area contributed by atoms with Crippen LogP contribution in [0.1, 0.15) is 19.8 Å². The van der Waals surface area contributed by atoms with Crippen molar-refractivity contribution in [2.24, 2.45) is 0 Å². The van der Waals surface area contributed by atoms with Gasteiger partial charge in [-0.25, -0.2) is 4.79 Å². The van der Waals surface area contributed by atoms with Crippen LogP contribution in [0.3, 0.4) is 0 Å². The zero-order valence-electron chi connectivity index (χ0n) is 12.6. The van der Waals surface area contributed by atoms with E-state index >= 15 is 0 Å². The average molecular weight is 341 g/mol. The van der Waals surface area contributed by atoms with Crippen molar-refractivity contribution in [1.82, 2.24) is 10.2 Å². The third-order valence-corrected chi connectivity index (χ3v) is 3.75. The first-order chi connectivity index (χ1) is 10.5. The third kappa shape index (κ3) is 4.68. The van der Waals surface area contributed by atoms with Gasteiger partial charge in [0.2, 0.25) is 0 Å². The molecule has 1 saturated heterocycles. The Labute approximate surface area is 134 Å². The first-order valence-corrected chi connectivity index (χ1v) is 7.92. The molecule has 0 spiro atoms. The normalized spacial score (nSPS) is 31.8. The Kier molecular flexibility index (Phi) is 8.37. The number of ether oxygens (including phenoxy) is 1. The molecule has 0 aromatic carbocycles. The van der Waals surface area contributed by atoms with Crippen LogP contribution in [0.15, 0.2) is 0 Å². The fourth-order valence-electron chi connectivity index (χ4n) is 2.27. The Bertz CT molecular complexity index is 346. The average Bonchev–Trinajstić information content (AvgIpc) is 2.52. The molecule has 0 aromatic heterocycles. The monoisotopic (exact) mass is 340 g/mol. The quantitative estimate of drug-likeness (QED) is 0.372. The highest BCUT2D eigenvalue weighted by molar-refractivity contribution is 6.18. The van der Waals surface area contributed by atoms with Crippen molar-refractivity contribution in [2.75, 3.05) is 25.6 Å². The van der Waals surface area contributed by atoms with E-state index in [2.05, 4.69) is 5.32 Å². The van der Waals surface area contributed by atoms with Gasteiger partial charge in [0.15, 0.2) is 6.23 Å². The summed E-state index contributed by atoms with van der Waals surface area (Å²) < 4.78 is 5.41. The molecule has 0 aliphatic carbocycles. The van der Waals surface area contributed by atoms with Crippen LogP contribution >= 0.6 is 11.6 Å². The Balaban J connectivity index is 2.88. The van der Waals surface area contributed by atoms with Gasteiger partial charge in [0.25, 0.3) is 0 Å². The molecule has 1 heterocycles. The van der Waals surface area contributed by atoms with Crippen LogP contribution in [-0.4, -0.2) is 87.6 Å². The highest BCUT2D eigenvalue weighted by atomic mass is 35.5. The summed E-state index contributed by atoms with van der Waals surface area (Å²) in [6.45, 7) is 1.96. The van der Waals surface area contributed by atoms with Crippen molar-refractivity contribution < 1.29 is 30.0 Å². The summed E-state index contributed by atoms with van der Waals surface area (Å²) in [6.07, 6.45) is -5.15. The summed E-state index contributed by atoms with van der Waals surface area (Å²) in [5.41, 5.74) is 0. The van der Waals surface area contributed by atoms with E-state index in [1.807, 2.05) is 6.92 Å². The molecule has 0 unspecified atom stereocenters. The van der Waals surface area contributed by atoms with Crippen molar-refractivity contribution in [3.8, 4) is 0 Å². The molecule has 8 nitrogen and oxygen atoms in total. The lowest BCUT2D eigenvalue weighted by atomic mass is 9.97. The van der Waals surface area contributed by atoms with Gasteiger partial charge >= 0.3 is 6.03 Å². The number of hydrogen-bond acceptors (Lipinski definition) is 6. The van der Waals surface area contributed by atoms with Crippen molar-refractivity contribution in [3.63, 3.8) is 0 Å². The summed E-state index contributed by atoms with van der Waals surface area (Å²) in [5.74, 6) is 0.238. The van der Waals surface area contributed by atoms with Gasteiger partial charge in [-0.15, -0.1) is 11.6 Å². The third-order valence-electron chi connectivity index (χ3n) is 3.56. The summed E-state index contributed by atoms with van der Waals surface area (Å²) in [6, 6.07) is -0.488. The number of aliphatic hydroxyl groups is 4. The number of alkyl halides is 1. The maximum atomic E-state index is 12.2. The zero-order valence-corrected chi connectivity index (χ0v) is 13.3. The molecule has 1 rings (SSSR count). The number of urea groups is 1. The summed E-state index contributed by atoms with van der Waals surface area (Å²) in [7, 11) is 0. The minimum Gasteiger partial charge on any atom is -0.394 e. The van der Waals surface area contributed by atoms with Crippen LogP contribution in [0.2, 0.25) is 0 Å². The number of amides is 2.